The van der Waals surface area contributed by atoms with E-state index in [1.807, 2.05) is 32.0 Å². The van der Waals surface area contributed by atoms with E-state index in [1.54, 1.807) is 25.2 Å². The summed E-state index contributed by atoms with van der Waals surface area (Å²) in [6, 6.07) is 11.1. The van der Waals surface area contributed by atoms with Crippen molar-refractivity contribution < 1.29 is 18.8 Å². The molecule has 4 rings (SSSR count). The first-order valence-corrected chi connectivity index (χ1v) is 11.3. The highest BCUT2D eigenvalue weighted by molar-refractivity contribution is 5.87. The van der Waals surface area contributed by atoms with Crippen molar-refractivity contribution in [3.05, 3.63) is 64.7 Å². The number of allylic oxidation sites excluding steroid dienone is 1. The van der Waals surface area contributed by atoms with Gasteiger partial charge in [0.15, 0.2) is 11.5 Å². The molecule has 34 heavy (non-hydrogen) atoms. The maximum Gasteiger partial charge on any atom is 0.322 e. The summed E-state index contributed by atoms with van der Waals surface area (Å²) in [7, 11) is 3.17. The van der Waals surface area contributed by atoms with E-state index in [-0.39, 0.29) is 6.03 Å². The number of rotatable bonds is 7. The monoisotopic (exact) mass is 462 g/mol. The van der Waals surface area contributed by atoms with E-state index in [9.17, 15) is 4.79 Å². The number of aromatic nitrogens is 2. The number of carbonyl (C=O) groups is 1. The third-order valence-electron chi connectivity index (χ3n) is 6.21. The number of hydrogen-bond donors (Lipinski definition) is 1. The third kappa shape index (κ3) is 4.23. The normalized spacial score (nSPS) is 16.0. The Morgan fingerprint density at radius 3 is 2.47 bits per heavy atom. The number of methoxy groups -OCH3 is 2. The minimum Gasteiger partial charge on any atom is -0.493 e. The van der Waals surface area contributed by atoms with Crippen molar-refractivity contribution in [2.75, 3.05) is 20.8 Å². The molecule has 178 valence electrons. The Balaban J connectivity index is 1.81. The van der Waals surface area contributed by atoms with Gasteiger partial charge < -0.3 is 19.3 Å². The van der Waals surface area contributed by atoms with Crippen LogP contribution in [0.25, 0.3) is 17.0 Å². The summed E-state index contributed by atoms with van der Waals surface area (Å²) in [5.41, 5.74) is 5.63. The van der Waals surface area contributed by atoms with E-state index in [0.29, 0.717) is 29.8 Å². The molecule has 1 unspecified atom stereocenters. The molecule has 8 heteroatoms. The average molecular weight is 463 g/mol. The van der Waals surface area contributed by atoms with Crippen LogP contribution in [0.3, 0.4) is 0 Å². The van der Waals surface area contributed by atoms with Gasteiger partial charge in [0.1, 0.15) is 0 Å². The second kappa shape index (κ2) is 9.59. The molecule has 3 aromatic rings. The quantitative estimate of drug-likeness (QED) is 0.514. The van der Waals surface area contributed by atoms with Crippen LogP contribution in [-0.4, -0.2) is 41.8 Å². The topological polar surface area (TPSA) is 89.7 Å². The minimum atomic E-state index is -0.404. The number of nitrogens with one attached hydrogen (secondary N) is 1. The van der Waals surface area contributed by atoms with Crippen LogP contribution in [0.1, 0.15) is 48.9 Å². The van der Waals surface area contributed by atoms with E-state index < -0.39 is 6.04 Å². The summed E-state index contributed by atoms with van der Waals surface area (Å²) >= 11 is 0. The van der Waals surface area contributed by atoms with Crippen LogP contribution in [0.2, 0.25) is 0 Å². The van der Waals surface area contributed by atoms with Crippen LogP contribution in [0, 0.1) is 13.8 Å². The molecule has 0 radical (unpaired) electrons. The largest absolute Gasteiger partial charge is 0.493 e. The summed E-state index contributed by atoms with van der Waals surface area (Å²) < 4.78 is 16.5. The second-order valence-corrected chi connectivity index (χ2v) is 8.37. The predicted molar refractivity (Wildman–Crippen MR) is 130 cm³/mol. The van der Waals surface area contributed by atoms with Crippen LogP contribution >= 0.6 is 0 Å². The lowest BCUT2D eigenvalue weighted by atomic mass is 9.92. The molecule has 0 spiro atoms. The highest BCUT2D eigenvalue weighted by atomic mass is 16.5. The maximum absolute atomic E-state index is 13.0. The Kier molecular flexibility index (Phi) is 6.58. The van der Waals surface area contributed by atoms with E-state index in [1.165, 1.54) is 5.56 Å². The molecule has 2 heterocycles. The number of nitrogens with zero attached hydrogens (tertiary/aromatic N) is 3. The molecule has 0 aliphatic carbocycles. The van der Waals surface area contributed by atoms with Gasteiger partial charge in [-0.1, -0.05) is 30.3 Å². The highest BCUT2D eigenvalue weighted by Crippen LogP contribution is 2.38. The summed E-state index contributed by atoms with van der Waals surface area (Å²) in [4.78, 5) is 19.4. The highest BCUT2D eigenvalue weighted by Gasteiger charge is 2.35. The Labute approximate surface area is 199 Å². The number of urea groups is 1. The smallest absolute Gasteiger partial charge is 0.322 e. The zero-order valence-electron chi connectivity index (χ0n) is 20.4. The summed E-state index contributed by atoms with van der Waals surface area (Å²) in [6.07, 6.45) is 0.826. The lowest BCUT2D eigenvalue weighted by molar-refractivity contribution is 0.205. The standard InChI is InChI=1S/C26H30N4O4/c1-7-12-30-17(4)22(23(27-26(30)31)18-9-8-15(2)16(3)13-18)25-28-24(29-34-25)19-10-11-20(32-5)21(14-19)33-6/h8-11,13-14,23H,7,12H2,1-6H3,(H,27,31). The fourth-order valence-electron chi connectivity index (χ4n) is 4.17. The van der Waals surface area contributed by atoms with Gasteiger partial charge in [-0.05, 0) is 62.1 Å². The van der Waals surface area contributed by atoms with Gasteiger partial charge in [-0.3, -0.25) is 4.90 Å². The van der Waals surface area contributed by atoms with Crippen LogP contribution in [0.15, 0.2) is 46.6 Å². The molecule has 0 saturated heterocycles. The van der Waals surface area contributed by atoms with Crippen molar-refractivity contribution in [3.63, 3.8) is 0 Å². The molecule has 1 aliphatic rings. The second-order valence-electron chi connectivity index (χ2n) is 8.37. The summed E-state index contributed by atoms with van der Waals surface area (Å²) in [6.45, 7) is 8.69. The summed E-state index contributed by atoms with van der Waals surface area (Å²) in [5, 5.41) is 7.37. The van der Waals surface area contributed by atoms with Gasteiger partial charge >= 0.3 is 6.03 Å². The minimum absolute atomic E-state index is 0.133. The Hall–Kier alpha value is -3.81. The Bertz CT molecular complexity index is 1250. The molecule has 8 nitrogen and oxygen atoms in total. The molecule has 0 bridgehead atoms. The molecule has 2 aromatic carbocycles. The zero-order chi connectivity index (χ0) is 24.4. The van der Waals surface area contributed by atoms with Crippen molar-refractivity contribution in [2.24, 2.45) is 0 Å². The lowest BCUT2D eigenvalue weighted by Crippen LogP contribution is -2.46. The van der Waals surface area contributed by atoms with Gasteiger partial charge in [-0.2, -0.15) is 4.98 Å². The SMILES string of the molecule is CCCN1C(=O)NC(c2ccc(C)c(C)c2)C(c2nc(-c3ccc(OC)c(OC)c3)no2)=C1C. The molecule has 1 aliphatic heterocycles. The number of ether oxygens (including phenoxy) is 2. The zero-order valence-corrected chi connectivity index (χ0v) is 20.4. The molecule has 2 amide bonds. The van der Waals surface area contributed by atoms with Crippen molar-refractivity contribution in [3.8, 4) is 22.9 Å². The fraction of sp³-hybridized carbons (Fsp3) is 0.346. The van der Waals surface area contributed by atoms with Crippen molar-refractivity contribution in [2.45, 2.75) is 40.2 Å². The molecule has 1 N–H and O–H groups in total. The summed E-state index contributed by atoms with van der Waals surface area (Å²) in [5.74, 6) is 1.99. The lowest BCUT2D eigenvalue weighted by Gasteiger charge is -2.35. The first-order chi connectivity index (χ1) is 16.4. The Morgan fingerprint density at radius 2 is 1.79 bits per heavy atom. The van der Waals surface area contributed by atoms with Crippen LogP contribution in [0.4, 0.5) is 4.79 Å². The number of hydrogen-bond acceptors (Lipinski definition) is 6. The fourth-order valence-corrected chi connectivity index (χ4v) is 4.17. The van der Waals surface area contributed by atoms with Crippen molar-refractivity contribution in [1.82, 2.24) is 20.4 Å². The first kappa shape index (κ1) is 23.4. The van der Waals surface area contributed by atoms with Crippen LogP contribution in [-0.2, 0) is 0 Å². The van der Waals surface area contributed by atoms with Gasteiger partial charge in [0.2, 0.25) is 5.82 Å². The third-order valence-corrected chi connectivity index (χ3v) is 6.21. The number of amides is 2. The van der Waals surface area contributed by atoms with Crippen LogP contribution < -0.4 is 14.8 Å². The van der Waals surface area contributed by atoms with Crippen molar-refractivity contribution in [1.29, 1.82) is 0 Å². The number of aryl methyl sites for hydroxylation is 2. The molecule has 1 aromatic heterocycles. The van der Waals surface area contributed by atoms with Gasteiger partial charge in [-0.25, -0.2) is 4.79 Å². The van der Waals surface area contributed by atoms with Gasteiger partial charge in [0, 0.05) is 17.8 Å². The van der Waals surface area contributed by atoms with E-state index in [4.69, 9.17) is 19.0 Å². The number of carbonyl (C=O) groups excluding carboxylic acids is 1. The van der Waals surface area contributed by atoms with E-state index >= 15 is 0 Å². The predicted octanol–water partition coefficient (Wildman–Crippen LogP) is 5.28. The number of benzene rings is 2. The maximum atomic E-state index is 13.0. The molecular formula is C26H30N4O4. The molecule has 1 atom stereocenters. The first-order valence-electron chi connectivity index (χ1n) is 11.3. The Morgan fingerprint density at radius 1 is 1.03 bits per heavy atom. The molecule has 0 saturated carbocycles. The van der Waals surface area contributed by atoms with Crippen LogP contribution in [0.5, 0.6) is 11.5 Å². The van der Waals surface area contributed by atoms with Gasteiger partial charge in [0.05, 0.1) is 25.8 Å². The van der Waals surface area contributed by atoms with E-state index in [0.717, 1.165) is 34.4 Å². The van der Waals surface area contributed by atoms with Gasteiger partial charge in [0.25, 0.3) is 5.89 Å². The molecular weight excluding hydrogens is 432 g/mol. The van der Waals surface area contributed by atoms with Gasteiger partial charge in [-0.15, -0.1) is 0 Å². The van der Waals surface area contributed by atoms with E-state index in [2.05, 4.69) is 36.5 Å². The van der Waals surface area contributed by atoms with Crippen molar-refractivity contribution >= 4 is 11.6 Å². The molecule has 0 fully saturated rings. The average Bonchev–Trinajstić information content (AvgIpc) is 3.32.